The molecule has 0 amide bonds. The molecule has 0 atom stereocenters. The van der Waals surface area contributed by atoms with Gasteiger partial charge in [-0.3, -0.25) is 4.98 Å². The van der Waals surface area contributed by atoms with Gasteiger partial charge in [0.1, 0.15) is 0 Å². The van der Waals surface area contributed by atoms with Gasteiger partial charge in [0.2, 0.25) is 0 Å². The van der Waals surface area contributed by atoms with Gasteiger partial charge in [-0.05, 0) is 29.8 Å². The summed E-state index contributed by atoms with van der Waals surface area (Å²) in [5.74, 6) is 0. The fourth-order valence-corrected chi connectivity index (χ4v) is 2.27. The number of nitrogens with two attached hydrogens (primary N) is 1. The monoisotopic (exact) mass is 237 g/mol. The smallest absolute Gasteiger partial charge is 0.0705 e. The first-order valence-electron chi connectivity index (χ1n) is 6.05. The molecule has 0 aliphatic carbocycles. The molecular weight excluding hydrogens is 222 g/mol. The van der Waals surface area contributed by atoms with Crippen molar-refractivity contribution in [2.45, 2.75) is 13.1 Å². The normalized spacial score (nSPS) is 10.9. The molecule has 0 bridgehead atoms. The van der Waals surface area contributed by atoms with E-state index in [0.29, 0.717) is 6.54 Å². The van der Waals surface area contributed by atoms with Crippen LogP contribution in [0.1, 0.15) is 11.3 Å². The lowest BCUT2D eigenvalue weighted by molar-refractivity contribution is 0.747. The summed E-state index contributed by atoms with van der Waals surface area (Å²) in [7, 11) is 0. The van der Waals surface area contributed by atoms with Crippen LogP contribution < -0.4 is 5.73 Å². The molecule has 3 aromatic rings. The van der Waals surface area contributed by atoms with E-state index in [1.54, 1.807) is 0 Å². The molecule has 18 heavy (non-hydrogen) atoms. The molecule has 0 spiro atoms. The van der Waals surface area contributed by atoms with Gasteiger partial charge in [-0.2, -0.15) is 0 Å². The minimum atomic E-state index is 0.565. The van der Waals surface area contributed by atoms with Crippen molar-refractivity contribution in [1.29, 1.82) is 0 Å². The number of pyridine rings is 1. The third kappa shape index (κ3) is 1.89. The quantitative estimate of drug-likeness (QED) is 0.760. The fraction of sp³-hybridized carbons (Fsp3) is 0.133. The van der Waals surface area contributed by atoms with E-state index in [1.807, 2.05) is 30.5 Å². The minimum Gasteiger partial charge on any atom is -0.346 e. The van der Waals surface area contributed by atoms with E-state index in [9.17, 15) is 0 Å². The number of hydrogen-bond acceptors (Lipinski definition) is 2. The standard InChI is InChI=1S/C15H15N3/c16-10-13-4-3-9-18(13)11-12-7-8-17-15-6-2-1-5-14(12)15/h1-9H,10-11,16H2. The summed E-state index contributed by atoms with van der Waals surface area (Å²) in [6.07, 6.45) is 3.93. The van der Waals surface area contributed by atoms with E-state index in [2.05, 4.69) is 33.9 Å². The van der Waals surface area contributed by atoms with Crippen molar-refractivity contribution in [3.63, 3.8) is 0 Å². The number of benzene rings is 1. The SMILES string of the molecule is NCc1cccn1Cc1ccnc2ccccc12. The zero-order valence-electron chi connectivity index (χ0n) is 10.1. The number of fused-ring (bicyclic) bond motifs is 1. The molecule has 0 radical (unpaired) electrons. The third-order valence-electron chi connectivity index (χ3n) is 3.21. The van der Waals surface area contributed by atoms with Gasteiger partial charge in [0, 0.05) is 36.6 Å². The van der Waals surface area contributed by atoms with Crippen molar-refractivity contribution in [2.75, 3.05) is 0 Å². The van der Waals surface area contributed by atoms with Crippen molar-refractivity contribution in [1.82, 2.24) is 9.55 Å². The van der Waals surface area contributed by atoms with Crippen LogP contribution in [0.4, 0.5) is 0 Å². The van der Waals surface area contributed by atoms with E-state index in [-0.39, 0.29) is 0 Å². The van der Waals surface area contributed by atoms with Crippen LogP contribution in [-0.2, 0) is 13.1 Å². The lowest BCUT2D eigenvalue weighted by Gasteiger charge is -2.10. The summed E-state index contributed by atoms with van der Waals surface area (Å²) in [5.41, 5.74) is 9.19. The molecule has 0 saturated heterocycles. The van der Waals surface area contributed by atoms with Gasteiger partial charge >= 0.3 is 0 Å². The number of para-hydroxylation sites is 1. The van der Waals surface area contributed by atoms with E-state index < -0.39 is 0 Å². The number of aromatic nitrogens is 2. The maximum Gasteiger partial charge on any atom is 0.0705 e. The molecule has 0 saturated carbocycles. The largest absolute Gasteiger partial charge is 0.346 e. The molecule has 3 heteroatoms. The molecule has 1 aromatic carbocycles. The highest BCUT2D eigenvalue weighted by atomic mass is 15.0. The molecule has 0 aliphatic rings. The Morgan fingerprint density at radius 2 is 1.94 bits per heavy atom. The molecule has 0 aliphatic heterocycles. The van der Waals surface area contributed by atoms with Gasteiger partial charge < -0.3 is 10.3 Å². The lowest BCUT2D eigenvalue weighted by Crippen LogP contribution is -2.07. The van der Waals surface area contributed by atoms with Gasteiger partial charge in [0.25, 0.3) is 0 Å². The maximum absolute atomic E-state index is 5.73. The zero-order valence-corrected chi connectivity index (χ0v) is 10.1. The Morgan fingerprint density at radius 3 is 2.83 bits per heavy atom. The lowest BCUT2D eigenvalue weighted by atomic mass is 10.1. The topological polar surface area (TPSA) is 43.8 Å². The van der Waals surface area contributed by atoms with Crippen LogP contribution in [0.15, 0.2) is 54.9 Å². The summed E-state index contributed by atoms with van der Waals surface area (Å²) >= 11 is 0. The molecule has 0 fully saturated rings. The van der Waals surface area contributed by atoms with Crippen LogP contribution in [0, 0.1) is 0 Å². The predicted octanol–water partition coefficient (Wildman–Crippen LogP) is 2.54. The average Bonchev–Trinajstić information content (AvgIpc) is 2.86. The van der Waals surface area contributed by atoms with Gasteiger partial charge in [-0.25, -0.2) is 0 Å². The van der Waals surface area contributed by atoms with Crippen molar-refractivity contribution in [2.24, 2.45) is 5.73 Å². The number of rotatable bonds is 3. The molecular formula is C15H15N3. The second kappa shape index (κ2) is 4.63. The second-order valence-electron chi connectivity index (χ2n) is 4.32. The summed E-state index contributed by atoms with van der Waals surface area (Å²) in [6.45, 7) is 1.40. The van der Waals surface area contributed by atoms with Gasteiger partial charge in [0.05, 0.1) is 5.52 Å². The molecule has 90 valence electrons. The molecule has 2 heterocycles. The summed E-state index contributed by atoms with van der Waals surface area (Å²) in [5, 5.41) is 1.21. The Hall–Kier alpha value is -2.13. The van der Waals surface area contributed by atoms with Crippen molar-refractivity contribution >= 4 is 10.9 Å². The Balaban J connectivity index is 2.05. The Labute approximate surface area is 106 Å². The van der Waals surface area contributed by atoms with E-state index in [4.69, 9.17) is 5.73 Å². The maximum atomic E-state index is 5.73. The Bertz CT molecular complexity index is 665. The van der Waals surface area contributed by atoms with Gasteiger partial charge in [-0.15, -0.1) is 0 Å². The second-order valence-corrected chi connectivity index (χ2v) is 4.32. The summed E-state index contributed by atoms with van der Waals surface area (Å²) < 4.78 is 2.18. The van der Waals surface area contributed by atoms with Gasteiger partial charge in [-0.1, -0.05) is 18.2 Å². The third-order valence-corrected chi connectivity index (χ3v) is 3.21. The highest BCUT2D eigenvalue weighted by Gasteiger charge is 2.04. The highest BCUT2D eigenvalue weighted by Crippen LogP contribution is 2.18. The molecule has 2 N–H and O–H groups in total. The van der Waals surface area contributed by atoms with Crippen LogP contribution in [0.3, 0.4) is 0 Å². The van der Waals surface area contributed by atoms with Crippen molar-refractivity contribution < 1.29 is 0 Å². The molecule has 3 nitrogen and oxygen atoms in total. The molecule has 3 rings (SSSR count). The first kappa shape index (κ1) is 11.0. The van der Waals surface area contributed by atoms with Crippen molar-refractivity contribution in [3.05, 3.63) is 66.1 Å². The summed E-state index contributed by atoms with van der Waals surface area (Å²) in [4.78, 5) is 4.38. The number of nitrogens with zero attached hydrogens (tertiary/aromatic N) is 2. The highest BCUT2D eigenvalue weighted by molar-refractivity contribution is 5.81. The summed E-state index contributed by atoms with van der Waals surface area (Å²) in [6, 6.07) is 14.4. The van der Waals surface area contributed by atoms with E-state index in [1.165, 1.54) is 10.9 Å². The van der Waals surface area contributed by atoms with E-state index in [0.717, 1.165) is 17.8 Å². The molecule has 2 aromatic heterocycles. The molecule has 0 unspecified atom stereocenters. The first-order valence-corrected chi connectivity index (χ1v) is 6.05. The van der Waals surface area contributed by atoms with E-state index >= 15 is 0 Å². The number of hydrogen-bond donors (Lipinski definition) is 1. The Kier molecular flexibility index (Phi) is 2.82. The van der Waals surface area contributed by atoms with Crippen LogP contribution >= 0.6 is 0 Å². The van der Waals surface area contributed by atoms with Crippen LogP contribution in [-0.4, -0.2) is 9.55 Å². The van der Waals surface area contributed by atoms with Crippen LogP contribution in [0.25, 0.3) is 10.9 Å². The predicted molar refractivity (Wildman–Crippen MR) is 73.2 cm³/mol. The van der Waals surface area contributed by atoms with Crippen molar-refractivity contribution in [3.8, 4) is 0 Å². The van der Waals surface area contributed by atoms with Crippen LogP contribution in [0.2, 0.25) is 0 Å². The minimum absolute atomic E-state index is 0.565. The van der Waals surface area contributed by atoms with Crippen LogP contribution in [0.5, 0.6) is 0 Å². The fourth-order valence-electron chi connectivity index (χ4n) is 2.27. The zero-order chi connectivity index (χ0) is 12.4. The first-order chi connectivity index (χ1) is 8.88. The van der Waals surface area contributed by atoms with Gasteiger partial charge in [0.15, 0.2) is 0 Å². The average molecular weight is 237 g/mol. The Morgan fingerprint density at radius 1 is 1.06 bits per heavy atom.